The average Bonchev–Trinajstić information content (AvgIpc) is 2.42. The molecule has 0 saturated heterocycles. The van der Waals surface area contributed by atoms with Crippen molar-refractivity contribution >= 4 is 0 Å². The summed E-state index contributed by atoms with van der Waals surface area (Å²) in [6.45, 7) is 3.99. The van der Waals surface area contributed by atoms with E-state index in [0.717, 1.165) is 18.7 Å². The number of hydrogen-bond donors (Lipinski definition) is 1. The van der Waals surface area contributed by atoms with Crippen molar-refractivity contribution in [1.82, 2.24) is 5.32 Å². The summed E-state index contributed by atoms with van der Waals surface area (Å²) in [5.41, 5.74) is 1.16. The van der Waals surface area contributed by atoms with Crippen LogP contribution in [-0.4, -0.2) is 6.54 Å². The molecule has 1 N–H and O–H groups in total. The molecule has 0 aliphatic carbocycles. The van der Waals surface area contributed by atoms with E-state index in [1.807, 2.05) is 0 Å². The number of nitrogens with one attached hydrogen (secondary N) is 1. The van der Waals surface area contributed by atoms with Crippen LogP contribution in [0.2, 0.25) is 0 Å². The predicted octanol–water partition coefficient (Wildman–Crippen LogP) is 5.07. The maximum Gasteiger partial charge on any atom is 0.263 e. The third kappa shape index (κ3) is 7.26. The van der Waals surface area contributed by atoms with Crippen LogP contribution in [0.4, 0.5) is 8.78 Å². The summed E-state index contributed by atoms with van der Waals surface area (Å²) in [6, 6.07) is 6.56. The second-order valence-corrected chi connectivity index (χ2v) is 4.99. The summed E-state index contributed by atoms with van der Waals surface area (Å²) in [5.74, 6) is 0. The summed E-state index contributed by atoms with van der Waals surface area (Å²) >= 11 is 0. The van der Waals surface area contributed by atoms with Crippen LogP contribution >= 0.6 is 0 Å². The highest BCUT2D eigenvalue weighted by Gasteiger charge is 2.05. The van der Waals surface area contributed by atoms with Crippen molar-refractivity contribution in [3.8, 4) is 0 Å². The van der Waals surface area contributed by atoms with Gasteiger partial charge in [-0.05, 0) is 18.5 Å². The summed E-state index contributed by atoms with van der Waals surface area (Å²) in [6.07, 6.45) is 5.38. The normalized spacial score (nSPS) is 11.2. The minimum atomic E-state index is -2.37. The fraction of sp³-hybridized carbons (Fsp3) is 0.625. The molecule has 0 bridgehead atoms. The number of alkyl halides is 2. The highest BCUT2D eigenvalue weighted by molar-refractivity contribution is 5.23. The van der Waals surface area contributed by atoms with E-state index in [2.05, 4.69) is 12.2 Å². The van der Waals surface area contributed by atoms with Gasteiger partial charge in [0.15, 0.2) is 0 Å². The predicted molar refractivity (Wildman–Crippen MR) is 76.5 cm³/mol. The van der Waals surface area contributed by atoms with E-state index in [1.165, 1.54) is 50.7 Å². The molecule has 0 aliphatic rings. The maximum atomic E-state index is 12.4. The van der Waals surface area contributed by atoms with Crippen molar-refractivity contribution in [2.45, 2.75) is 58.4 Å². The molecule has 0 aliphatic heterocycles. The SMILES string of the molecule is CCCCCCCCNCc1ccc(C(F)F)cc1. The zero-order valence-electron chi connectivity index (χ0n) is 11.8. The Bertz CT molecular complexity index is 322. The second kappa shape index (κ2) is 9.90. The van der Waals surface area contributed by atoms with Crippen LogP contribution in [0.1, 0.15) is 63.0 Å². The Morgan fingerprint density at radius 2 is 1.58 bits per heavy atom. The van der Waals surface area contributed by atoms with Crippen LogP contribution in [0.5, 0.6) is 0 Å². The third-order valence-corrected chi connectivity index (χ3v) is 3.27. The molecule has 0 fully saturated rings. The Hall–Kier alpha value is -0.960. The lowest BCUT2D eigenvalue weighted by molar-refractivity contribution is 0.151. The summed E-state index contributed by atoms with van der Waals surface area (Å²) in [7, 11) is 0. The summed E-state index contributed by atoms with van der Waals surface area (Å²) in [4.78, 5) is 0. The van der Waals surface area contributed by atoms with Gasteiger partial charge in [0.1, 0.15) is 0 Å². The van der Waals surface area contributed by atoms with E-state index in [4.69, 9.17) is 0 Å². The number of benzene rings is 1. The van der Waals surface area contributed by atoms with Gasteiger partial charge in [0.2, 0.25) is 0 Å². The van der Waals surface area contributed by atoms with Gasteiger partial charge in [-0.25, -0.2) is 8.78 Å². The summed E-state index contributed by atoms with van der Waals surface area (Å²) in [5, 5.41) is 3.35. The molecule has 108 valence electrons. The Morgan fingerprint density at radius 3 is 2.21 bits per heavy atom. The van der Waals surface area contributed by atoms with Gasteiger partial charge in [-0.15, -0.1) is 0 Å². The van der Waals surface area contributed by atoms with Gasteiger partial charge in [-0.3, -0.25) is 0 Å². The first-order chi connectivity index (χ1) is 9.24. The molecule has 3 heteroatoms. The van der Waals surface area contributed by atoms with Crippen LogP contribution in [0.25, 0.3) is 0 Å². The highest BCUT2D eigenvalue weighted by Crippen LogP contribution is 2.18. The van der Waals surface area contributed by atoms with Gasteiger partial charge < -0.3 is 5.32 Å². The topological polar surface area (TPSA) is 12.0 Å². The first-order valence-electron chi connectivity index (χ1n) is 7.31. The van der Waals surface area contributed by atoms with Gasteiger partial charge in [0.05, 0.1) is 0 Å². The van der Waals surface area contributed by atoms with Crippen molar-refractivity contribution < 1.29 is 8.78 Å². The van der Waals surface area contributed by atoms with Crippen molar-refractivity contribution in [1.29, 1.82) is 0 Å². The van der Waals surface area contributed by atoms with Crippen LogP contribution in [-0.2, 0) is 6.54 Å². The van der Waals surface area contributed by atoms with E-state index in [-0.39, 0.29) is 5.56 Å². The largest absolute Gasteiger partial charge is 0.313 e. The zero-order valence-corrected chi connectivity index (χ0v) is 11.8. The van der Waals surface area contributed by atoms with E-state index >= 15 is 0 Å². The number of hydrogen-bond acceptors (Lipinski definition) is 1. The lowest BCUT2D eigenvalue weighted by Gasteiger charge is -2.06. The van der Waals surface area contributed by atoms with E-state index in [1.54, 1.807) is 12.1 Å². The fourth-order valence-electron chi connectivity index (χ4n) is 2.04. The Labute approximate surface area is 115 Å². The van der Waals surface area contributed by atoms with Crippen molar-refractivity contribution in [2.75, 3.05) is 6.54 Å². The molecule has 1 rings (SSSR count). The third-order valence-electron chi connectivity index (χ3n) is 3.27. The fourth-order valence-corrected chi connectivity index (χ4v) is 2.04. The molecule has 0 unspecified atom stereocenters. The van der Waals surface area contributed by atoms with Crippen LogP contribution in [0.3, 0.4) is 0 Å². The van der Waals surface area contributed by atoms with Gasteiger partial charge in [-0.2, -0.15) is 0 Å². The highest BCUT2D eigenvalue weighted by atomic mass is 19.3. The first kappa shape index (κ1) is 16.1. The van der Waals surface area contributed by atoms with Crippen molar-refractivity contribution in [2.24, 2.45) is 0 Å². The smallest absolute Gasteiger partial charge is 0.263 e. The van der Waals surface area contributed by atoms with Crippen molar-refractivity contribution in [3.05, 3.63) is 35.4 Å². The zero-order chi connectivity index (χ0) is 13.9. The molecule has 0 aromatic heterocycles. The molecule has 0 radical (unpaired) electrons. The lowest BCUT2D eigenvalue weighted by Crippen LogP contribution is -2.14. The second-order valence-electron chi connectivity index (χ2n) is 4.99. The van der Waals surface area contributed by atoms with Gasteiger partial charge in [-0.1, -0.05) is 63.3 Å². The molecular weight excluding hydrogens is 244 g/mol. The van der Waals surface area contributed by atoms with Gasteiger partial charge in [0, 0.05) is 12.1 Å². The Balaban J connectivity index is 2.06. The first-order valence-corrected chi connectivity index (χ1v) is 7.31. The van der Waals surface area contributed by atoms with Crippen LogP contribution < -0.4 is 5.32 Å². The molecule has 0 spiro atoms. The number of halogens is 2. The molecule has 1 nitrogen and oxygen atoms in total. The molecule has 0 amide bonds. The number of unbranched alkanes of at least 4 members (excludes halogenated alkanes) is 5. The van der Waals surface area contributed by atoms with E-state index in [0.29, 0.717) is 0 Å². The molecule has 1 aromatic carbocycles. The van der Waals surface area contributed by atoms with Crippen LogP contribution in [0.15, 0.2) is 24.3 Å². The molecule has 0 heterocycles. The Kier molecular flexibility index (Phi) is 8.39. The minimum Gasteiger partial charge on any atom is -0.313 e. The average molecular weight is 269 g/mol. The number of rotatable bonds is 10. The van der Waals surface area contributed by atoms with E-state index in [9.17, 15) is 8.78 Å². The Morgan fingerprint density at radius 1 is 0.947 bits per heavy atom. The molecule has 1 aromatic rings. The standard InChI is InChI=1S/C16H25F2N/c1-2-3-4-5-6-7-12-19-13-14-8-10-15(11-9-14)16(17)18/h8-11,16,19H,2-7,12-13H2,1H3. The van der Waals surface area contributed by atoms with Gasteiger partial charge >= 0.3 is 0 Å². The molecule has 0 atom stereocenters. The molecule has 19 heavy (non-hydrogen) atoms. The summed E-state index contributed by atoms with van der Waals surface area (Å²) < 4.78 is 24.7. The maximum absolute atomic E-state index is 12.4. The van der Waals surface area contributed by atoms with Gasteiger partial charge in [0.25, 0.3) is 6.43 Å². The lowest BCUT2D eigenvalue weighted by atomic mass is 10.1. The van der Waals surface area contributed by atoms with Crippen LogP contribution in [0, 0.1) is 0 Å². The van der Waals surface area contributed by atoms with Crippen molar-refractivity contribution in [3.63, 3.8) is 0 Å². The quantitative estimate of drug-likeness (QED) is 0.584. The minimum absolute atomic E-state index is 0.0969. The molecule has 0 saturated carbocycles. The van der Waals surface area contributed by atoms with E-state index < -0.39 is 6.43 Å². The monoisotopic (exact) mass is 269 g/mol. The molecular formula is C16H25F2N.